The molecule has 1 aromatic heterocycles. The Morgan fingerprint density at radius 2 is 0.778 bits per heavy atom. The quantitative estimate of drug-likeness (QED) is 0.138. The number of hydrogen-bond donors (Lipinski definition) is 0. The normalized spacial score (nSPS) is 11.7. The van der Waals surface area contributed by atoms with Gasteiger partial charge in [-0.2, -0.15) is 0 Å². The maximum atomic E-state index is 6.67. The van der Waals surface area contributed by atoms with E-state index >= 15 is 0 Å². The van der Waals surface area contributed by atoms with Gasteiger partial charge in [-0.25, -0.2) is 0 Å². The van der Waals surface area contributed by atoms with Crippen LogP contribution in [-0.2, 0) is 0 Å². The van der Waals surface area contributed by atoms with Crippen LogP contribution in [-0.4, -0.2) is 39.2 Å². The molecule has 0 aliphatic rings. The second kappa shape index (κ2) is 12.5. The van der Waals surface area contributed by atoms with Crippen molar-refractivity contribution in [3.05, 3.63) is 152 Å². The summed E-state index contributed by atoms with van der Waals surface area (Å²) in [5, 5.41) is 8.69. The zero-order valence-electron chi connectivity index (χ0n) is 29.2. The molecule has 0 saturated carbocycles. The zero-order chi connectivity index (χ0) is 36.7. The van der Waals surface area contributed by atoms with E-state index in [0.717, 1.165) is 82.4 Å². The summed E-state index contributed by atoms with van der Waals surface area (Å²) < 4.78 is 6.29. The molecule has 0 amide bonds. The van der Waals surface area contributed by atoms with Crippen LogP contribution in [0.3, 0.4) is 0 Å². The van der Waals surface area contributed by atoms with E-state index in [1.165, 1.54) is 10.8 Å². The van der Waals surface area contributed by atoms with Crippen molar-refractivity contribution < 1.29 is 4.42 Å². The van der Waals surface area contributed by atoms with E-state index in [9.17, 15) is 0 Å². The molecule has 0 fully saturated rings. The third kappa shape index (κ3) is 4.93. The summed E-state index contributed by atoms with van der Waals surface area (Å²) in [6.07, 6.45) is 0. The molecule has 0 aliphatic carbocycles. The number of furan rings is 1. The molecule has 6 heteroatoms. The molecular weight excluding hydrogens is 647 g/mol. The summed E-state index contributed by atoms with van der Waals surface area (Å²) in [4.78, 5) is 0. The van der Waals surface area contributed by atoms with E-state index < -0.39 is 0 Å². The highest BCUT2D eigenvalue weighted by atomic mass is 16.3. The third-order valence-electron chi connectivity index (χ3n) is 10.9. The van der Waals surface area contributed by atoms with Crippen LogP contribution in [0, 0.1) is 0 Å². The second-order valence-electron chi connectivity index (χ2n) is 13.9. The molecular formula is C48H25B5O. The molecule has 0 bridgehead atoms. The van der Waals surface area contributed by atoms with Crippen LogP contribution >= 0.6 is 0 Å². The van der Waals surface area contributed by atoms with Gasteiger partial charge in [0.15, 0.2) is 0 Å². The minimum absolute atomic E-state index is 0.199. The minimum Gasteiger partial charge on any atom is -0.456 e. The minimum atomic E-state index is 0.199. The number of para-hydroxylation sites is 1. The van der Waals surface area contributed by atoms with Gasteiger partial charge in [-0.1, -0.05) is 132 Å². The molecule has 0 N–H and O–H groups in total. The Labute approximate surface area is 320 Å². The van der Waals surface area contributed by atoms with Crippen LogP contribution in [0.4, 0.5) is 0 Å². The molecule has 0 aliphatic heterocycles. The predicted octanol–water partition coefficient (Wildman–Crippen LogP) is 7.68. The maximum absolute atomic E-state index is 6.67. The van der Waals surface area contributed by atoms with E-state index in [2.05, 4.69) is 127 Å². The highest BCUT2D eigenvalue weighted by Crippen LogP contribution is 2.44. The molecule has 10 radical (unpaired) electrons. The van der Waals surface area contributed by atoms with E-state index in [0.29, 0.717) is 16.5 Å². The number of benzene rings is 9. The Morgan fingerprint density at radius 1 is 0.296 bits per heavy atom. The topological polar surface area (TPSA) is 13.1 Å². The van der Waals surface area contributed by atoms with Crippen molar-refractivity contribution in [3.8, 4) is 44.5 Å². The second-order valence-corrected chi connectivity index (χ2v) is 13.9. The van der Waals surface area contributed by atoms with Crippen molar-refractivity contribution in [1.29, 1.82) is 0 Å². The SMILES string of the molecule is [B]c1c([B])c([B])c(-c2c3ccccc3c(-c3ccc(-c4cc(-c5ccc6c(c5)oc5ccccc56)c5ccccc5c4)cc3)c3ccccc23)c([B])c1[B]. The van der Waals surface area contributed by atoms with Crippen LogP contribution in [0.15, 0.2) is 156 Å². The van der Waals surface area contributed by atoms with E-state index in [1.807, 2.05) is 24.3 Å². The average Bonchev–Trinajstić information content (AvgIpc) is 3.59. The van der Waals surface area contributed by atoms with Crippen molar-refractivity contribution in [1.82, 2.24) is 0 Å². The van der Waals surface area contributed by atoms with Crippen LogP contribution in [0.5, 0.6) is 0 Å². The van der Waals surface area contributed by atoms with Gasteiger partial charge in [0, 0.05) is 10.8 Å². The van der Waals surface area contributed by atoms with Crippen LogP contribution < -0.4 is 27.3 Å². The summed E-state index contributed by atoms with van der Waals surface area (Å²) >= 11 is 0. The summed E-state index contributed by atoms with van der Waals surface area (Å²) in [6.45, 7) is 0. The van der Waals surface area contributed by atoms with E-state index in [4.69, 9.17) is 43.6 Å². The van der Waals surface area contributed by atoms with Gasteiger partial charge in [0.05, 0.1) is 0 Å². The largest absolute Gasteiger partial charge is 0.456 e. The zero-order valence-corrected chi connectivity index (χ0v) is 29.2. The lowest BCUT2D eigenvalue weighted by Gasteiger charge is -2.25. The van der Waals surface area contributed by atoms with Crippen LogP contribution in [0.2, 0.25) is 0 Å². The van der Waals surface area contributed by atoms with E-state index in [1.54, 1.807) is 0 Å². The van der Waals surface area contributed by atoms with Gasteiger partial charge >= 0.3 is 0 Å². The Kier molecular flexibility index (Phi) is 7.53. The molecule has 1 nitrogen and oxygen atoms in total. The standard InChI is InChI=1S/C48H25B5O/c49-44-43(45(50)47(52)48(53)46(44)51)42-36-14-5-3-12-34(36)41(35-13-4-6-15-37(35)42)27-19-17-26(18-20-27)30-23-28-9-1-2-10-31(28)38(24-30)29-21-22-33-32-11-7-8-16-39(32)54-40(33)25-29/h1-25H. The molecule has 0 spiro atoms. The van der Waals surface area contributed by atoms with Gasteiger partial charge < -0.3 is 4.42 Å². The number of fused-ring (bicyclic) bond motifs is 6. The molecule has 238 valence electrons. The van der Waals surface area contributed by atoms with E-state index in [-0.39, 0.29) is 16.4 Å². The van der Waals surface area contributed by atoms with Gasteiger partial charge in [-0.15, -0.1) is 16.4 Å². The molecule has 1 heterocycles. The average molecular weight is 672 g/mol. The Morgan fingerprint density at radius 3 is 1.43 bits per heavy atom. The van der Waals surface area contributed by atoms with Gasteiger partial charge in [-0.3, -0.25) is 0 Å². The predicted molar refractivity (Wildman–Crippen MR) is 235 cm³/mol. The molecule has 10 aromatic rings. The van der Waals surface area contributed by atoms with Crippen molar-refractivity contribution in [2.75, 3.05) is 0 Å². The van der Waals surface area contributed by atoms with Crippen molar-refractivity contribution >= 4 is 121 Å². The lowest BCUT2D eigenvalue weighted by Crippen LogP contribution is -2.55. The molecule has 10 rings (SSSR count). The molecule has 0 atom stereocenters. The lowest BCUT2D eigenvalue weighted by molar-refractivity contribution is 0.669. The number of rotatable bonds is 4. The summed E-state index contributed by atoms with van der Waals surface area (Å²) in [7, 11) is 32.3. The summed E-state index contributed by atoms with van der Waals surface area (Å²) in [5.41, 5.74) is 11.3. The Bertz CT molecular complexity index is 3070. The van der Waals surface area contributed by atoms with Crippen molar-refractivity contribution in [2.24, 2.45) is 0 Å². The Hall–Kier alpha value is -6.12. The van der Waals surface area contributed by atoms with Crippen LogP contribution in [0.25, 0.3) is 98.8 Å². The Balaban J connectivity index is 1.14. The number of hydrogen-bond acceptors (Lipinski definition) is 1. The molecule has 54 heavy (non-hydrogen) atoms. The van der Waals surface area contributed by atoms with Crippen molar-refractivity contribution in [2.45, 2.75) is 0 Å². The van der Waals surface area contributed by atoms with Crippen LogP contribution in [0.1, 0.15) is 0 Å². The fourth-order valence-electron chi connectivity index (χ4n) is 8.27. The lowest BCUT2D eigenvalue weighted by atomic mass is 9.59. The fraction of sp³-hybridized carbons (Fsp3) is 0. The fourth-order valence-corrected chi connectivity index (χ4v) is 8.27. The van der Waals surface area contributed by atoms with Gasteiger partial charge in [0.25, 0.3) is 0 Å². The molecule has 9 aromatic carbocycles. The van der Waals surface area contributed by atoms with Crippen molar-refractivity contribution in [3.63, 3.8) is 0 Å². The summed E-state index contributed by atoms with van der Waals surface area (Å²) in [6, 6.07) is 53.3. The molecule has 0 saturated heterocycles. The van der Waals surface area contributed by atoms with Gasteiger partial charge in [0.2, 0.25) is 0 Å². The highest BCUT2D eigenvalue weighted by Gasteiger charge is 2.21. The maximum Gasteiger partial charge on any atom is 0.136 e. The first kappa shape index (κ1) is 32.5. The van der Waals surface area contributed by atoms with Gasteiger partial charge in [-0.05, 0) is 107 Å². The first-order valence-corrected chi connectivity index (χ1v) is 17.9. The summed E-state index contributed by atoms with van der Waals surface area (Å²) in [5.74, 6) is 0. The van der Waals surface area contributed by atoms with Gasteiger partial charge in [0.1, 0.15) is 50.4 Å². The first-order chi connectivity index (χ1) is 26.4. The first-order valence-electron chi connectivity index (χ1n) is 17.9. The highest BCUT2D eigenvalue weighted by molar-refractivity contribution is 6.69. The molecule has 0 unspecified atom stereocenters. The smallest absolute Gasteiger partial charge is 0.136 e. The monoisotopic (exact) mass is 672 g/mol. The third-order valence-corrected chi connectivity index (χ3v) is 10.9.